The smallest absolute Gasteiger partial charge is 0.137 e. The van der Waals surface area contributed by atoms with E-state index in [1.165, 1.54) is 0 Å². The van der Waals surface area contributed by atoms with Crippen LogP contribution >= 0.6 is 0 Å². The average Bonchev–Trinajstić information content (AvgIpc) is 3.02. The molecule has 130 valence electrons. The average molecular weight is 338 g/mol. The highest BCUT2D eigenvalue weighted by molar-refractivity contribution is 5.83. The molecule has 0 spiro atoms. The molecule has 25 heavy (non-hydrogen) atoms. The lowest BCUT2D eigenvalue weighted by atomic mass is 10.1. The van der Waals surface area contributed by atoms with Crippen molar-refractivity contribution in [2.45, 2.75) is 26.2 Å². The van der Waals surface area contributed by atoms with Crippen molar-refractivity contribution in [2.75, 3.05) is 19.0 Å². The number of rotatable bonds is 8. The normalized spacial score (nSPS) is 10.8. The molecule has 0 aliphatic rings. The maximum Gasteiger partial charge on any atom is 0.137 e. The van der Waals surface area contributed by atoms with Crippen LogP contribution in [0.5, 0.6) is 5.75 Å². The Labute approximate surface area is 147 Å². The maximum absolute atomic E-state index is 11.1. The van der Waals surface area contributed by atoms with Crippen LogP contribution in [0.15, 0.2) is 47.1 Å². The van der Waals surface area contributed by atoms with E-state index < -0.39 is 0 Å². The number of carbonyl (C=O) groups is 1. The Morgan fingerprint density at radius 2 is 2.12 bits per heavy atom. The second kappa shape index (κ2) is 7.83. The van der Waals surface area contributed by atoms with Gasteiger partial charge in [-0.3, -0.25) is 0 Å². The first kappa shape index (κ1) is 17.0. The van der Waals surface area contributed by atoms with Gasteiger partial charge >= 0.3 is 0 Å². The third kappa shape index (κ3) is 4.38. The summed E-state index contributed by atoms with van der Waals surface area (Å²) >= 11 is 0. The van der Waals surface area contributed by atoms with Crippen molar-refractivity contribution < 1.29 is 13.9 Å². The van der Waals surface area contributed by atoms with Gasteiger partial charge in [0.1, 0.15) is 22.9 Å². The third-order valence-corrected chi connectivity index (χ3v) is 4.06. The Bertz CT molecular complexity index is 870. The van der Waals surface area contributed by atoms with Gasteiger partial charge in [0.05, 0.1) is 12.9 Å². The Kier molecular flexibility index (Phi) is 5.33. The minimum Gasteiger partial charge on any atom is -0.493 e. The lowest BCUT2D eigenvalue weighted by molar-refractivity contribution is -0.116. The third-order valence-electron chi connectivity index (χ3n) is 4.06. The number of ether oxygens (including phenoxy) is 1. The second-order valence-corrected chi connectivity index (χ2v) is 5.98. The Morgan fingerprint density at radius 1 is 1.24 bits per heavy atom. The van der Waals surface area contributed by atoms with Gasteiger partial charge in [-0.1, -0.05) is 6.07 Å². The van der Waals surface area contributed by atoms with Crippen molar-refractivity contribution in [3.05, 3.63) is 53.9 Å². The van der Waals surface area contributed by atoms with Crippen LogP contribution in [0, 0.1) is 0 Å². The summed E-state index contributed by atoms with van der Waals surface area (Å²) in [6, 6.07) is 11.7. The van der Waals surface area contributed by atoms with E-state index in [2.05, 4.69) is 10.3 Å². The number of pyridine rings is 1. The molecule has 1 aromatic carbocycles. The van der Waals surface area contributed by atoms with Crippen molar-refractivity contribution in [3.63, 3.8) is 0 Å². The molecule has 0 saturated carbocycles. The van der Waals surface area contributed by atoms with E-state index >= 15 is 0 Å². The van der Waals surface area contributed by atoms with Gasteiger partial charge < -0.3 is 19.3 Å². The molecule has 0 amide bonds. The van der Waals surface area contributed by atoms with Gasteiger partial charge in [-0.05, 0) is 43.2 Å². The van der Waals surface area contributed by atoms with Crippen molar-refractivity contribution in [1.29, 1.82) is 0 Å². The van der Waals surface area contributed by atoms with E-state index in [0.717, 1.165) is 40.2 Å². The fourth-order valence-corrected chi connectivity index (χ4v) is 2.69. The molecular weight excluding hydrogens is 316 g/mol. The molecule has 0 bridgehead atoms. The van der Waals surface area contributed by atoms with E-state index in [1.807, 2.05) is 43.4 Å². The monoisotopic (exact) mass is 338 g/mol. The fourth-order valence-electron chi connectivity index (χ4n) is 2.69. The predicted molar refractivity (Wildman–Crippen MR) is 98.2 cm³/mol. The highest BCUT2D eigenvalue weighted by Gasteiger charge is 2.08. The number of fused-ring (bicyclic) bond motifs is 1. The van der Waals surface area contributed by atoms with Gasteiger partial charge in [0.2, 0.25) is 0 Å². The number of aryl methyl sites for hydroxylation is 1. The molecule has 0 saturated heterocycles. The fraction of sp³-hybridized carbons (Fsp3) is 0.300. The zero-order chi connectivity index (χ0) is 17.6. The molecule has 0 radical (unpaired) electrons. The van der Waals surface area contributed by atoms with Gasteiger partial charge in [-0.2, -0.15) is 0 Å². The zero-order valence-corrected chi connectivity index (χ0v) is 14.5. The van der Waals surface area contributed by atoms with Crippen LogP contribution in [0.1, 0.15) is 24.6 Å². The number of anilines is 1. The van der Waals surface area contributed by atoms with Gasteiger partial charge in [0.15, 0.2) is 0 Å². The van der Waals surface area contributed by atoms with E-state index in [0.29, 0.717) is 19.4 Å². The number of nitrogens with zero attached hydrogens (tertiary/aromatic N) is 1. The van der Waals surface area contributed by atoms with Gasteiger partial charge in [-0.25, -0.2) is 4.98 Å². The van der Waals surface area contributed by atoms with Crippen molar-refractivity contribution in [1.82, 2.24) is 4.98 Å². The summed E-state index contributed by atoms with van der Waals surface area (Å²) in [5, 5.41) is 4.07. The van der Waals surface area contributed by atoms with Crippen LogP contribution in [0.2, 0.25) is 0 Å². The molecule has 3 rings (SSSR count). The molecule has 5 heteroatoms. The lowest BCUT2D eigenvalue weighted by Gasteiger charge is -2.07. The van der Waals surface area contributed by atoms with E-state index in [4.69, 9.17) is 9.15 Å². The molecule has 1 N–H and O–H groups in total. The summed E-state index contributed by atoms with van der Waals surface area (Å²) in [6.45, 7) is 2.15. The van der Waals surface area contributed by atoms with Crippen molar-refractivity contribution in [2.24, 2.45) is 0 Å². The van der Waals surface area contributed by atoms with Crippen LogP contribution in [0.25, 0.3) is 11.0 Å². The molecule has 2 heterocycles. The van der Waals surface area contributed by atoms with Gasteiger partial charge in [0, 0.05) is 37.0 Å². The molecule has 0 aliphatic heterocycles. The number of nitrogens with one attached hydrogen (secondary N) is 1. The quantitative estimate of drug-likeness (QED) is 0.672. The van der Waals surface area contributed by atoms with Gasteiger partial charge in [0.25, 0.3) is 0 Å². The maximum atomic E-state index is 11.1. The minimum atomic E-state index is 0.185. The molecule has 2 aromatic heterocycles. The number of carbonyl (C=O) groups excluding carboxylic acids is 1. The van der Waals surface area contributed by atoms with E-state index in [1.54, 1.807) is 13.2 Å². The SMILES string of the molecule is CNc1cccc(CCOc2ccc3c(CCC(C)=O)coc3c2)n1. The first-order chi connectivity index (χ1) is 12.2. The number of benzene rings is 1. The zero-order valence-electron chi connectivity index (χ0n) is 14.5. The molecule has 3 aromatic rings. The Morgan fingerprint density at radius 3 is 2.92 bits per heavy atom. The highest BCUT2D eigenvalue weighted by Crippen LogP contribution is 2.26. The van der Waals surface area contributed by atoms with Crippen molar-refractivity contribution >= 4 is 22.6 Å². The largest absolute Gasteiger partial charge is 0.493 e. The molecule has 0 atom stereocenters. The van der Waals surface area contributed by atoms with Crippen molar-refractivity contribution in [3.8, 4) is 5.75 Å². The minimum absolute atomic E-state index is 0.185. The van der Waals surface area contributed by atoms with E-state index in [9.17, 15) is 4.79 Å². The standard InChI is InChI=1S/C20H22N2O3/c1-14(23)6-7-15-13-25-19-12-17(8-9-18(15)19)24-11-10-16-4-3-5-20(21-2)22-16/h3-5,8-9,12-13H,6-7,10-11H2,1-2H3,(H,21,22). The summed E-state index contributed by atoms with van der Waals surface area (Å²) in [4.78, 5) is 15.6. The van der Waals surface area contributed by atoms with Crippen LogP contribution in [0.4, 0.5) is 5.82 Å². The second-order valence-electron chi connectivity index (χ2n) is 5.98. The van der Waals surface area contributed by atoms with Crippen LogP contribution < -0.4 is 10.1 Å². The van der Waals surface area contributed by atoms with E-state index in [-0.39, 0.29) is 5.78 Å². The molecule has 5 nitrogen and oxygen atoms in total. The number of furan rings is 1. The number of Topliss-reactive ketones (excluding diaryl/α,β-unsaturated/α-hetero) is 1. The van der Waals surface area contributed by atoms with Crippen LogP contribution in [0.3, 0.4) is 0 Å². The predicted octanol–water partition coefficient (Wildman–Crippen LogP) is 4.01. The summed E-state index contributed by atoms with van der Waals surface area (Å²) in [6.07, 6.45) is 3.70. The number of hydrogen-bond donors (Lipinski definition) is 1. The number of aromatic nitrogens is 1. The molecular formula is C20H22N2O3. The molecule has 0 unspecified atom stereocenters. The first-order valence-electron chi connectivity index (χ1n) is 8.42. The number of ketones is 1. The lowest BCUT2D eigenvalue weighted by Crippen LogP contribution is -2.04. The molecule has 0 aliphatic carbocycles. The number of hydrogen-bond acceptors (Lipinski definition) is 5. The Hall–Kier alpha value is -2.82. The summed E-state index contributed by atoms with van der Waals surface area (Å²) in [5.74, 6) is 1.81. The van der Waals surface area contributed by atoms with Gasteiger partial charge in [-0.15, -0.1) is 0 Å². The highest BCUT2D eigenvalue weighted by atomic mass is 16.5. The topological polar surface area (TPSA) is 64.4 Å². The molecule has 0 fully saturated rings. The first-order valence-corrected chi connectivity index (χ1v) is 8.42. The Balaban J connectivity index is 1.61. The van der Waals surface area contributed by atoms with Crippen LogP contribution in [-0.4, -0.2) is 24.4 Å². The van der Waals surface area contributed by atoms with Crippen LogP contribution in [-0.2, 0) is 17.6 Å². The summed E-state index contributed by atoms with van der Waals surface area (Å²) < 4.78 is 11.4. The summed E-state index contributed by atoms with van der Waals surface area (Å²) in [5.41, 5.74) is 2.83. The summed E-state index contributed by atoms with van der Waals surface area (Å²) in [7, 11) is 1.85.